The van der Waals surface area contributed by atoms with Crippen LogP contribution in [0.5, 0.6) is 0 Å². The van der Waals surface area contributed by atoms with Crippen LogP contribution in [0.25, 0.3) is 0 Å². The van der Waals surface area contributed by atoms with Crippen molar-refractivity contribution in [3.8, 4) is 0 Å². The Bertz CT molecular complexity index is 728. The van der Waals surface area contributed by atoms with E-state index in [0.717, 1.165) is 0 Å². The highest BCUT2D eigenvalue weighted by Crippen LogP contribution is 2.39. The highest BCUT2D eigenvalue weighted by molar-refractivity contribution is 7.66. The molecular formula is C24H76O4Si13. The van der Waals surface area contributed by atoms with Gasteiger partial charge in [0, 0.05) is 33.3 Å². The smallest absolute Gasteiger partial charge is 0.399 e. The SMILES string of the molecule is C[SiH](C)[Si](C)(C)[Si](C)(C)O[Si](O[Si](C)(C)[Si](C)(C)[SiH](C)C)(O[Si](C)(C)[Si](C)(C)[SiH](C)C)O[Si](C)(C)[Si](C)(C)[SiH](C)C. The third-order valence-corrected chi connectivity index (χ3v) is 171. The fourth-order valence-electron chi connectivity index (χ4n) is 4.68. The van der Waals surface area contributed by atoms with E-state index in [4.69, 9.17) is 16.5 Å². The van der Waals surface area contributed by atoms with Crippen molar-refractivity contribution < 1.29 is 16.5 Å². The summed E-state index contributed by atoms with van der Waals surface area (Å²) in [6, 6.07) is 0. The van der Waals surface area contributed by atoms with Crippen LogP contribution >= 0.6 is 0 Å². The van der Waals surface area contributed by atoms with Crippen LogP contribution < -0.4 is 0 Å². The minimum Gasteiger partial charge on any atom is -0.399 e. The predicted octanol–water partition coefficient (Wildman–Crippen LogP) is 7.72. The Kier molecular flexibility index (Phi) is 14.9. The molecule has 0 N–H and O–H groups in total. The molecule has 0 spiro atoms. The van der Waals surface area contributed by atoms with E-state index in [2.05, 4.69) is 157 Å². The van der Waals surface area contributed by atoms with Crippen molar-refractivity contribution in [1.29, 1.82) is 0 Å². The molecule has 0 aromatic carbocycles. The first kappa shape index (κ1) is 43.7. The predicted molar refractivity (Wildman–Crippen MR) is 225 cm³/mol. The van der Waals surface area contributed by atoms with Gasteiger partial charge >= 0.3 is 9.05 Å². The molecule has 0 amide bonds. The van der Waals surface area contributed by atoms with Gasteiger partial charge in [-0.15, -0.1) is 0 Å². The number of hydrogen-bond donors (Lipinski definition) is 0. The first-order valence-corrected chi connectivity index (χ1v) is 62.1. The average molecular weight is 794 g/mol. The molecule has 0 saturated carbocycles. The molecule has 0 aromatic heterocycles. The van der Waals surface area contributed by atoms with Gasteiger partial charge in [0.1, 0.15) is 0 Å². The summed E-state index contributed by atoms with van der Waals surface area (Å²) in [5.74, 6) is 0. The number of rotatable bonds is 16. The minimum absolute atomic E-state index is 0.891. The molecule has 0 saturated heterocycles. The normalized spacial score (nSPS) is 16.1. The Labute approximate surface area is 273 Å². The lowest BCUT2D eigenvalue weighted by molar-refractivity contribution is 0.156. The molecule has 0 fully saturated rings. The summed E-state index contributed by atoms with van der Waals surface area (Å²) in [7, 11) is -22.0. The quantitative estimate of drug-likeness (QED) is 0.150. The third-order valence-electron chi connectivity index (χ3n) is 13.5. The molecule has 0 aliphatic heterocycles. The van der Waals surface area contributed by atoms with Gasteiger partial charge in [-0.3, -0.25) is 0 Å². The van der Waals surface area contributed by atoms with Gasteiger partial charge in [-0.2, -0.15) is 0 Å². The molecule has 17 heteroatoms. The van der Waals surface area contributed by atoms with Gasteiger partial charge in [-0.1, -0.05) is 105 Å². The van der Waals surface area contributed by atoms with E-state index in [0.29, 0.717) is 0 Å². The van der Waals surface area contributed by atoms with Crippen molar-refractivity contribution in [1.82, 2.24) is 0 Å². The lowest BCUT2D eigenvalue weighted by Gasteiger charge is -2.55. The Hall–Kier alpha value is 2.66. The molecule has 0 aliphatic carbocycles. The molecular weight excluding hydrogens is 717 g/mol. The molecule has 0 bridgehead atoms. The van der Waals surface area contributed by atoms with Crippen molar-refractivity contribution in [3.05, 3.63) is 0 Å². The van der Waals surface area contributed by atoms with E-state index >= 15 is 0 Å². The van der Waals surface area contributed by atoms with Crippen molar-refractivity contribution in [2.75, 3.05) is 0 Å². The molecule has 0 aromatic rings. The van der Waals surface area contributed by atoms with E-state index in [1.54, 1.807) is 0 Å². The van der Waals surface area contributed by atoms with E-state index in [1.807, 2.05) is 0 Å². The first-order chi connectivity index (χ1) is 17.6. The standard InChI is InChI=1S/C24H76O4Si13/c1-29(2)37(17,18)33(9,10)25-41(26-34(11,12)38(19,20)30(3)4,27-35(13,14)39(21,22)31(5)6)28-36(15,16)40(23,24)32(7)8/h29-32H,1-24H3. The second kappa shape index (κ2) is 14.0. The van der Waals surface area contributed by atoms with Crippen LogP contribution in [0.4, 0.5) is 0 Å². The zero-order chi connectivity index (χ0) is 33.6. The highest BCUT2D eigenvalue weighted by Gasteiger charge is 2.66. The van der Waals surface area contributed by atoms with E-state index in [9.17, 15) is 0 Å². The molecule has 0 rings (SSSR count). The number of hydrogen-bond acceptors (Lipinski definition) is 4. The molecule has 0 unspecified atom stereocenters. The molecule has 0 atom stereocenters. The molecule has 248 valence electrons. The lowest BCUT2D eigenvalue weighted by Crippen LogP contribution is -2.80. The third kappa shape index (κ3) is 9.39. The van der Waals surface area contributed by atoms with Crippen molar-refractivity contribution in [2.24, 2.45) is 0 Å². The van der Waals surface area contributed by atoms with Gasteiger partial charge in [0.05, 0.1) is 28.4 Å². The molecule has 0 aliphatic rings. The molecule has 41 heavy (non-hydrogen) atoms. The lowest BCUT2D eigenvalue weighted by atomic mass is 11.9. The van der Waals surface area contributed by atoms with Crippen LogP contribution in [0.15, 0.2) is 0 Å². The van der Waals surface area contributed by atoms with Gasteiger partial charge in [0.15, 0.2) is 31.3 Å². The second-order valence-electron chi connectivity index (χ2n) is 18.5. The van der Waals surface area contributed by atoms with Gasteiger partial charge in [0.25, 0.3) is 0 Å². The largest absolute Gasteiger partial charge is 0.636 e. The highest BCUT2D eigenvalue weighted by atomic mass is 29.7. The summed E-state index contributed by atoms with van der Waals surface area (Å²) in [6.07, 6.45) is 0. The van der Waals surface area contributed by atoms with Gasteiger partial charge in [-0.05, 0) is 52.4 Å². The van der Waals surface area contributed by atoms with E-state index in [-0.39, 0.29) is 0 Å². The maximum Gasteiger partial charge on any atom is 0.636 e. The van der Waals surface area contributed by atoms with Gasteiger partial charge in [-0.25, -0.2) is 0 Å². The zero-order valence-electron chi connectivity index (χ0n) is 32.4. The second-order valence-corrected chi connectivity index (χ2v) is 126. The summed E-state index contributed by atoms with van der Waals surface area (Å²) >= 11 is 0. The monoisotopic (exact) mass is 792 g/mol. The minimum atomic E-state index is -3.49. The average Bonchev–Trinajstić information content (AvgIpc) is 2.70. The Morgan fingerprint density at radius 1 is 0.268 bits per heavy atom. The summed E-state index contributed by atoms with van der Waals surface area (Å²) in [6.45, 7) is 61.8. The maximum atomic E-state index is 7.91. The van der Waals surface area contributed by atoms with Crippen LogP contribution in [0, 0.1) is 0 Å². The summed E-state index contributed by atoms with van der Waals surface area (Å²) in [4.78, 5) is 0. The Morgan fingerprint density at radius 2 is 0.390 bits per heavy atom. The Morgan fingerprint density at radius 3 is 0.488 bits per heavy atom. The molecule has 0 radical (unpaired) electrons. The van der Waals surface area contributed by atoms with Crippen molar-refractivity contribution >= 4 is 102 Å². The van der Waals surface area contributed by atoms with E-state index < -0.39 is 102 Å². The summed E-state index contributed by atoms with van der Waals surface area (Å²) in [5, 5.41) is 0. The van der Waals surface area contributed by atoms with Crippen LogP contribution in [0.1, 0.15) is 0 Å². The van der Waals surface area contributed by atoms with Crippen LogP contribution in [-0.2, 0) is 16.5 Å². The Balaban J connectivity index is 7.82. The van der Waals surface area contributed by atoms with Crippen molar-refractivity contribution in [2.45, 2.75) is 157 Å². The first-order valence-electron chi connectivity index (χ1n) is 16.4. The van der Waals surface area contributed by atoms with Gasteiger partial charge < -0.3 is 16.5 Å². The maximum absolute atomic E-state index is 7.91. The van der Waals surface area contributed by atoms with Gasteiger partial charge in [0.2, 0.25) is 0 Å². The molecule has 0 heterocycles. The van der Waals surface area contributed by atoms with Crippen LogP contribution in [0.2, 0.25) is 157 Å². The summed E-state index contributed by atoms with van der Waals surface area (Å²) in [5.41, 5.74) is 0. The van der Waals surface area contributed by atoms with Crippen LogP contribution in [0.3, 0.4) is 0 Å². The fraction of sp³-hybridized carbons (Fsp3) is 1.00. The zero-order valence-corrected chi connectivity index (χ0v) is 46.1. The summed E-state index contributed by atoms with van der Waals surface area (Å²) < 4.78 is 31.6. The molecule has 4 nitrogen and oxygen atoms in total. The van der Waals surface area contributed by atoms with E-state index in [1.165, 1.54) is 0 Å². The topological polar surface area (TPSA) is 36.9 Å². The van der Waals surface area contributed by atoms with Crippen molar-refractivity contribution in [3.63, 3.8) is 0 Å². The van der Waals surface area contributed by atoms with Crippen LogP contribution in [-0.4, -0.2) is 102 Å². The fourth-order valence-corrected chi connectivity index (χ4v) is 115.